The molecule has 1 aromatic heterocycles. The average Bonchev–Trinajstić information content (AvgIpc) is 3.20. The molecule has 122 valence electrons. The van der Waals surface area contributed by atoms with E-state index in [1.165, 1.54) is 25.7 Å². The summed E-state index contributed by atoms with van der Waals surface area (Å²) in [5.41, 5.74) is 0. The number of hydrogen-bond acceptors (Lipinski definition) is 6. The monoisotopic (exact) mass is 307 g/mol. The Morgan fingerprint density at radius 2 is 2.05 bits per heavy atom. The molecule has 2 fully saturated rings. The number of methoxy groups -OCH3 is 1. The van der Waals surface area contributed by atoms with Gasteiger partial charge in [-0.05, 0) is 25.7 Å². The van der Waals surface area contributed by atoms with Crippen LogP contribution in [0.2, 0.25) is 0 Å². The molecule has 2 heterocycles. The van der Waals surface area contributed by atoms with Crippen LogP contribution in [-0.2, 0) is 9.47 Å². The lowest BCUT2D eigenvalue weighted by Gasteiger charge is -2.16. The Labute approximate surface area is 131 Å². The molecule has 0 spiro atoms. The van der Waals surface area contributed by atoms with Gasteiger partial charge in [-0.15, -0.1) is 0 Å². The smallest absolute Gasteiger partial charge is 0.218 e. The summed E-state index contributed by atoms with van der Waals surface area (Å²) in [6.45, 7) is 1.82. The first-order valence-electron chi connectivity index (χ1n) is 8.24. The number of hydrogen-bond donors (Lipinski definition) is 1. The second-order valence-corrected chi connectivity index (χ2v) is 5.92. The predicted octanol–water partition coefficient (Wildman–Crippen LogP) is 2.71. The van der Waals surface area contributed by atoms with Crippen LogP contribution in [0.25, 0.3) is 0 Å². The van der Waals surface area contributed by atoms with Crippen molar-refractivity contribution < 1.29 is 14.2 Å². The lowest BCUT2D eigenvalue weighted by molar-refractivity contribution is 0.103. The van der Waals surface area contributed by atoms with Gasteiger partial charge in [-0.1, -0.05) is 12.8 Å². The predicted molar refractivity (Wildman–Crippen MR) is 83.2 cm³/mol. The first-order valence-corrected chi connectivity index (χ1v) is 8.24. The number of rotatable bonds is 7. The van der Waals surface area contributed by atoms with E-state index in [2.05, 4.69) is 15.3 Å². The maximum Gasteiger partial charge on any atom is 0.218 e. The Morgan fingerprint density at radius 3 is 2.77 bits per heavy atom. The highest BCUT2D eigenvalue weighted by atomic mass is 16.5. The molecular formula is C16H25N3O3. The topological polar surface area (TPSA) is 65.5 Å². The largest absolute Gasteiger partial charge is 0.475 e. The first kappa shape index (κ1) is 15.5. The van der Waals surface area contributed by atoms with Crippen molar-refractivity contribution in [2.24, 2.45) is 0 Å². The van der Waals surface area contributed by atoms with E-state index < -0.39 is 0 Å². The van der Waals surface area contributed by atoms with Gasteiger partial charge >= 0.3 is 0 Å². The van der Waals surface area contributed by atoms with Crippen molar-refractivity contribution in [3.8, 4) is 5.88 Å². The molecule has 3 rings (SSSR count). The van der Waals surface area contributed by atoms with Crippen molar-refractivity contribution in [3.63, 3.8) is 0 Å². The van der Waals surface area contributed by atoms with Crippen LogP contribution in [0, 0.1) is 0 Å². The lowest BCUT2D eigenvalue weighted by atomic mass is 10.2. The van der Waals surface area contributed by atoms with Crippen molar-refractivity contribution >= 4 is 5.82 Å². The summed E-state index contributed by atoms with van der Waals surface area (Å²) in [7, 11) is 1.66. The second-order valence-electron chi connectivity index (χ2n) is 5.92. The number of ether oxygens (including phenoxy) is 3. The molecule has 0 radical (unpaired) electrons. The van der Waals surface area contributed by atoms with Gasteiger partial charge in [-0.25, -0.2) is 4.98 Å². The normalized spacial score (nSPS) is 22.1. The summed E-state index contributed by atoms with van der Waals surface area (Å²) < 4.78 is 16.4. The van der Waals surface area contributed by atoms with Gasteiger partial charge in [0.25, 0.3) is 0 Å². The fourth-order valence-corrected chi connectivity index (χ4v) is 3.02. The summed E-state index contributed by atoms with van der Waals surface area (Å²) in [6.07, 6.45) is 7.03. The number of anilines is 1. The molecule has 6 heteroatoms. The minimum absolute atomic E-state index is 0.00453. The van der Waals surface area contributed by atoms with E-state index in [4.69, 9.17) is 14.2 Å². The zero-order valence-corrected chi connectivity index (χ0v) is 13.2. The van der Waals surface area contributed by atoms with Crippen LogP contribution in [-0.4, -0.2) is 42.9 Å². The number of nitrogens with zero attached hydrogens (tertiary/aromatic N) is 2. The van der Waals surface area contributed by atoms with Crippen molar-refractivity contribution in [2.45, 2.75) is 50.7 Å². The van der Waals surface area contributed by atoms with Gasteiger partial charge in [0, 0.05) is 25.8 Å². The molecule has 1 aromatic rings. The molecule has 1 aliphatic heterocycles. The highest BCUT2D eigenvalue weighted by molar-refractivity contribution is 5.40. The van der Waals surface area contributed by atoms with Crippen molar-refractivity contribution in [2.75, 3.05) is 32.2 Å². The molecule has 1 saturated heterocycles. The molecule has 1 saturated carbocycles. The average molecular weight is 307 g/mol. The summed E-state index contributed by atoms with van der Waals surface area (Å²) in [5, 5.41) is 3.52. The Morgan fingerprint density at radius 1 is 1.18 bits per heavy atom. The maximum atomic E-state index is 5.71. The molecule has 6 nitrogen and oxygen atoms in total. The fraction of sp³-hybridized carbons (Fsp3) is 0.750. The summed E-state index contributed by atoms with van der Waals surface area (Å²) in [6, 6.07) is 2.39. The third-order valence-corrected chi connectivity index (χ3v) is 4.18. The molecule has 0 bridgehead atoms. The van der Waals surface area contributed by atoms with Gasteiger partial charge < -0.3 is 19.5 Å². The van der Waals surface area contributed by atoms with Gasteiger partial charge in [-0.2, -0.15) is 4.98 Å². The van der Waals surface area contributed by atoms with E-state index in [9.17, 15) is 0 Å². The first-order chi connectivity index (χ1) is 10.8. The van der Waals surface area contributed by atoms with Crippen LogP contribution in [0.4, 0.5) is 5.82 Å². The van der Waals surface area contributed by atoms with Crippen molar-refractivity contribution in [1.29, 1.82) is 0 Å². The van der Waals surface area contributed by atoms with Gasteiger partial charge in [-0.3, -0.25) is 0 Å². The van der Waals surface area contributed by atoms with Crippen LogP contribution in [0.5, 0.6) is 5.88 Å². The van der Waals surface area contributed by atoms with E-state index in [-0.39, 0.29) is 6.10 Å². The van der Waals surface area contributed by atoms with Crippen LogP contribution >= 0.6 is 0 Å². The van der Waals surface area contributed by atoms with Gasteiger partial charge in [0.2, 0.25) is 5.88 Å². The Bertz CT molecular complexity index is 472. The van der Waals surface area contributed by atoms with E-state index in [1.54, 1.807) is 7.11 Å². The Kier molecular flexibility index (Phi) is 5.45. The zero-order chi connectivity index (χ0) is 15.2. The van der Waals surface area contributed by atoms with E-state index >= 15 is 0 Å². The molecule has 0 amide bonds. The van der Waals surface area contributed by atoms with Crippen LogP contribution < -0.4 is 10.1 Å². The SMILES string of the molecule is COCCOc1cc(NC2CCCC2)nc(C2CCCO2)n1. The van der Waals surface area contributed by atoms with E-state index in [0.717, 1.165) is 31.1 Å². The highest BCUT2D eigenvalue weighted by Crippen LogP contribution is 2.29. The third kappa shape index (κ3) is 4.08. The summed E-state index contributed by atoms with van der Waals surface area (Å²) >= 11 is 0. The number of aromatic nitrogens is 2. The molecule has 2 aliphatic rings. The van der Waals surface area contributed by atoms with E-state index in [0.29, 0.717) is 25.1 Å². The summed E-state index contributed by atoms with van der Waals surface area (Å²) in [5.74, 6) is 2.17. The van der Waals surface area contributed by atoms with E-state index in [1.807, 2.05) is 6.07 Å². The van der Waals surface area contributed by atoms with Crippen LogP contribution in [0.1, 0.15) is 50.5 Å². The fourth-order valence-electron chi connectivity index (χ4n) is 3.02. The van der Waals surface area contributed by atoms with Crippen molar-refractivity contribution in [3.05, 3.63) is 11.9 Å². The molecular weight excluding hydrogens is 282 g/mol. The molecule has 1 unspecified atom stereocenters. The van der Waals surface area contributed by atoms with Crippen LogP contribution in [0.15, 0.2) is 6.07 Å². The molecule has 1 atom stereocenters. The third-order valence-electron chi connectivity index (χ3n) is 4.18. The van der Waals surface area contributed by atoms with Gasteiger partial charge in [0.15, 0.2) is 5.82 Å². The maximum absolute atomic E-state index is 5.71. The quantitative estimate of drug-likeness (QED) is 0.781. The molecule has 0 aromatic carbocycles. The Balaban J connectivity index is 1.73. The number of nitrogens with one attached hydrogen (secondary N) is 1. The van der Waals surface area contributed by atoms with Crippen molar-refractivity contribution in [1.82, 2.24) is 9.97 Å². The standard InChI is InChI=1S/C16H25N3O3/c1-20-9-10-22-15-11-14(17-12-5-2-3-6-12)18-16(19-15)13-7-4-8-21-13/h11-13H,2-10H2,1H3,(H,17,18,19). The Hall–Kier alpha value is -1.40. The lowest BCUT2D eigenvalue weighted by Crippen LogP contribution is -2.17. The molecule has 1 aliphatic carbocycles. The summed E-state index contributed by atoms with van der Waals surface area (Å²) in [4.78, 5) is 9.16. The second kappa shape index (κ2) is 7.74. The minimum Gasteiger partial charge on any atom is -0.475 e. The molecule has 1 N–H and O–H groups in total. The van der Waals surface area contributed by atoms with Gasteiger partial charge in [0.1, 0.15) is 18.5 Å². The zero-order valence-electron chi connectivity index (χ0n) is 13.2. The minimum atomic E-state index is -0.00453. The molecule has 22 heavy (non-hydrogen) atoms. The highest BCUT2D eigenvalue weighted by Gasteiger charge is 2.23. The van der Waals surface area contributed by atoms with Gasteiger partial charge in [0.05, 0.1) is 6.61 Å². The van der Waals surface area contributed by atoms with Crippen LogP contribution in [0.3, 0.4) is 0 Å².